The van der Waals surface area contributed by atoms with Crippen LogP contribution in [-0.2, 0) is 11.2 Å². The number of nitrogens with one attached hydrogen (secondary N) is 1. The van der Waals surface area contributed by atoms with Crippen molar-refractivity contribution in [2.75, 3.05) is 31.1 Å². The highest BCUT2D eigenvalue weighted by Crippen LogP contribution is 2.15. The van der Waals surface area contributed by atoms with Crippen molar-refractivity contribution in [1.82, 2.24) is 15.2 Å². The quantitative estimate of drug-likeness (QED) is 0.636. The molecule has 2 aromatic carbocycles. The van der Waals surface area contributed by atoms with Gasteiger partial charge < -0.3 is 15.1 Å². The number of piperazine rings is 1. The van der Waals surface area contributed by atoms with E-state index in [1.165, 1.54) is 0 Å². The number of hydrogen-bond donors (Lipinski definition) is 1. The van der Waals surface area contributed by atoms with E-state index >= 15 is 0 Å². The predicted octanol–water partition coefficient (Wildman–Crippen LogP) is 3.39. The molecule has 6 heteroatoms. The second kappa shape index (κ2) is 10.3. The Kier molecular flexibility index (Phi) is 7.03. The van der Waals surface area contributed by atoms with Gasteiger partial charge in [-0.3, -0.25) is 9.59 Å². The molecule has 1 saturated heterocycles. The summed E-state index contributed by atoms with van der Waals surface area (Å²) in [4.78, 5) is 35.1. The molecule has 1 aliphatic rings. The number of pyridine rings is 1. The first-order valence-electron chi connectivity index (χ1n) is 11.4. The van der Waals surface area contributed by atoms with Crippen LogP contribution in [0.5, 0.6) is 0 Å². The fourth-order valence-electron chi connectivity index (χ4n) is 4.31. The summed E-state index contributed by atoms with van der Waals surface area (Å²) in [5.41, 5.74) is 3.65. The van der Waals surface area contributed by atoms with Crippen molar-refractivity contribution < 1.29 is 9.59 Å². The van der Waals surface area contributed by atoms with Crippen LogP contribution in [0, 0.1) is 13.8 Å². The largest absolute Gasteiger partial charge is 0.353 e. The van der Waals surface area contributed by atoms with Gasteiger partial charge in [-0.15, -0.1) is 0 Å². The van der Waals surface area contributed by atoms with Crippen LogP contribution in [0.25, 0.3) is 0 Å². The zero-order chi connectivity index (χ0) is 23.2. The molecule has 0 bridgehead atoms. The Labute approximate surface area is 195 Å². The van der Waals surface area contributed by atoms with Gasteiger partial charge in [0.05, 0.1) is 0 Å². The van der Waals surface area contributed by atoms with Gasteiger partial charge in [0.15, 0.2) is 0 Å². The van der Waals surface area contributed by atoms with Crippen LogP contribution in [-0.4, -0.2) is 53.9 Å². The van der Waals surface area contributed by atoms with Crippen molar-refractivity contribution in [2.45, 2.75) is 26.3 Å². The van der Waals surface area contributed by atoms with Crippen molar-refractivity contribution in [3.05, 3.63) is 95.2 Å². The summed E-state index contributed by atoms with van der Waals surface area (Å²) in [7, 11) is 0. The number of aromatic nitrogens is 1. The molecule has 1 fully saturated rings. The summed E-state index contributed by atoms with van der Waals surface area (Å²) in [5.74, 6) is 0.661. The van der Waals surface area contributed by atoms with Crippen molar-refractivity contribution in [2.24, 2.45) is 0 Å². The van der Waals surface area contributed by atoms with Gasteiger partial charge in [-0.1, -0.05) is 53.6 Å². The first-order chi connectivity index (χ1) is 16.0. The van der Waals surface area contributed by atoms with E-state index in [2.05, 4.69) is 15.2 Å². The first kappa shape index (κ1) is 22.5. The lowest BCUT2D eigenvalue weighted by Gasteiger charge is -2.37. The van der Waals surface area contributed by atoms with Crippen LogP contribution in [0.4, 0.5) is 5.82 Å². The van der Waals surface area contributed by atoms with Crippen LogP contribution < -0.4 is 10.2 Å². The van der Waals surface area contributed by atoms with Crippen LogP contribution in [0.2, 0.25) is 0 Å². The van der Waals surface area contributed by atoms with E-state index in [1.807, 2.05) is 85.5 Å². The van der Waals surface area contributed by atoms with Gasteiger partial charge in [-0.2, -0.15) is 0 Å². The maximum absolute atomic E-state index is 13.5. The van der Waals surface area contributed by atoms with Gasteiger partial charge >= 0.3 is 0 Å². The smallest absolute Gasteiger partial charge is 0.251 e. The van der Waals surface area contributed by atoms with E-state index in [-0.39, 0.29) is 11.8 Å². The zero-order valence-electron chi connectivity index (χ0n) is 19.2. The molecule has 33 heavy (non-hydrogen) atoms. The third-order valence-electron chi connectivity index (χ3n) is 5.93. The first-order valence-corrected chi connectivity index (χ1v) is 11.4. The van der Waals surface area contributed by atoms with Crippen molar-refractivity contribution in [3.63, 3.8) is 0 Å². The Morgan fingerprint density at radius 1 is 0.909 bits per heavy atom. The molecule has 3 aromatic rings. The van der Waals surface area contributed by atoms with Crippen molar-refractivity contribution in [3.8, 4) is 0 Å². The van der Waals surface area contributed by atoms with Crippen molar-refractivity contribution in [1.29, 1.82) is 0 Å². The van der Waals surface area contributed by atoms with Gasteiger partial charge in [0.2, 0.25) is 5.91 Å². The number of amides is 2. The van der Waals surface area contributed by atoms with E-state index in [0.29, 0.717) is 38.2 Å². The fraction of sp³-hybridized carbons (Fsp3) is 0.296. The molecule has 1 atom stereocenters. The Hall–Kier alpha value is -3.67. The van der Waals surface area contributed by atoms with E-state index in [1.54, 1.807) is 6.20 Å². The van der Waals surface area contributed by atoms with E-state index < -0.39 is 6.04 Å². The molecule has 1 aromatic heterocycles. The van der Waals surface area contributed by atoms with Crippen LogP contribution in [0.1, 0.15) is 27.0 Å². The van der Waals surface area contributed by atoms with Gasteiger partial charge in [0.25, 0.3) is 5.91 Å². The van der Waals surface area contributed by atoms with Gasteiger partial charge in [0, 0.05) is 44.4 Å². The lowest BCUT2D eigenvalue weighted by molar-refractivity contribution is -0.133. The lowest BCUT2D eigenvalue weighted by atomic mass is 10.0. The summed E-state index contributed by atoms with van der Waals surface area (Å²) in [6, 6.07) is 20.8. The molecule has 0 aliphatic carbocycles. The second-order valence-electron chi connectivity index (χ2n) is 8.59. The molecule has 2 heterocycles. The fourth-order valence-corrected chi connectivity index (χ4v) is 4.31. The monoisotopic (exact) mass is 442 g/mol. The molecule has 0 saturated carbocycles. The maximum Gasteiger partial charge on any atom is 0.251 e. The molecule has 2 amide bonds. The summed E-state index contributed by atoms with van der Waals surface area (Å²) in [6.07, 6.45) is 2.24. The maximum atomic E-state index is 13.5. The summed E-state index contributed by atoms with van der Waals surface area (Å²) in [5, 5.41) is 3.02. The number of carbonyl (C=O) groups excluding carboxylic acids is 2. The Morgan fingerprint density at radius 2 is 1.58 bits per heavy atom. The number of benzene rings is 2. The number of carbonyl (C=O) groups is 2. The lowest BCUT2D eigenvalue weighted by Crippen LogP contribution is -2.55. The van der Waals surface area contributed by atoms with Crippen molar-refractivity contribution >= 4 is 17.6 Å². The highest BCUT2D eigenvalue weighted by molar-refractivity contribution is 5.98. The Balaban J connectivity index is 1.48. The molecule has 0 spiro atoms. The highest BCUT2D eigenvalue weighted by atomic mass is 16.2. The minimum absolute atomic E-state index is 0.0442. The van der Waals surface area contributed by atoms with Gasteiger partial charge in [-0.25, -0.2) is 4.98 Å². The van der Waals surface area contributed by atoms with E-state index in [9.17, 15) is 9.59 Å². The van der Waals surface area contributed by atoms with Crippen LogP contribution in [0.15, 0.2) is 72.9 Å². The Bertz CT molecular complexity index is 1070. The topological polar surface area (TPSA) is 65.5 Å². The predicted molar refractivity (Wildman–Crippen MR) is 130 cm³/mol. The molecule has 4 rings (SSSR count). The molecule has 1 aliphatic heterocycles. The highest BCUT2D eigenvalue weighted by Gasteiger charge is 2.29. The van der Waals surface area contributed by atoms with Gasteiger partial charge in [0.1, 0.15) is 11.9 Å². The number of aryl methyl sites for hydroxylation is 2. The number of anilines is 1. The van der Waals surface area contributed by atoms with Gasteiger partial charge in [-0.05, 0) is 43.7 Å². The summed E-state index contributed by atoms with van der Waals surface area (Å²) >= 11 is 0. The normalized spacial score (nSPS) is 14.6. The molecular formula is C27H30N4O2. The molecule has 0 radical (unpaired) electrons. The standard InChI is InChI=1S/C27H30N4O2/c1-20-16-21(2)18-23(17-20)26(32)29-24(19-22-8-4-3-5-9-22)27(33)31-14-12-30(13-15-31)25-10-6-7-11-28-25/h3-11,16-18,24H,12-15,19H2,1-2H3,(H,29,32)/t24-/m1/s1. The molecular weight excluding hydrogens is 412 g/mol. The minimum Gasteiger partial charge on any atom is -0.353 e. The van der Waals surface area contributed by atoms with Crippen LogP contribution >= 0.6 is 0 Å². The third-order valence-corrected chi connectivity index (χ3v) is 5.93. The molecule has 170 valence electrons. The van der Waals surface area contributed by atoms with E-state index in [0.717, 1.165) is 22.5 Å². The number of rotatable bonds is 6. The molecule has 0 unspecified atom stereocenters. The molecule has 1 N–H and O–H groups in total. The molecule has 6 nitrogen and oxygen atoms in total. The minimum atomic E-state index is -0.623. The average Bonchev–Trinajstić information content (AvgIpc) is 2.84. The third kappa shape index (κ3) is 5.77. The average molecular weight is 443 g/mol. The number of nitrogens with zero attached hydrogens (tertiary/aromatic N) is 3. The summed E-state index contributed by atoms with van der Waals surface area (Å²) in [6.45, 7) is 6.56. The SMILES string of the molecule is Cc1cc(C)cc(C(=O)N[C@H](Cc2ccccc2)C(=O)N2CCN(c3ccccn3)CC2)c1. The van der Waals surface area contributed by atoms with Crippen LogP contribution in [0.3, 0.4) is 0 Å². The van der Waals surface area contributed by atoms with E-state index in [4.69, 9.17) is 0 Å². The second-order valence-corrected chi connectivity index (χ2v) is 8.59. The Morgan fingerprint density at radius 3 is 2.21 bits per heavy atom. The zero-order valence-corrected chi connectivity index (χ0v) is 19.2. The summed E-state index contributed by atoms with van der Waals surface area (Å²) < 4.78 is 0. The number of hydrogen-bond acceptors (Lipinski definition) is 4.